The minimum absolute atomic E-state index is 0.279. The minimum Gasteiger partial charge on any atom is -0.311 e. The molecule has 0 saturated carbocycles. The molecule has 0 aliphatic rings. The van der Waals surface area contributed by atoms with Gasteiger partial charge in [0.15, 0.2) is 0 Å². The highest BCUT2D eigenvalue weighted by Crippen LogP contribution is 2.02. The Morgan fingerprint density at radius 2 is 1.71 bits per heavy atom. The van der Waals surface area contributed by atoms with Gasteiger partial charge in [0.05, 0.1) is 5.75 Å². The summed E-state index contributed by atoms with van der Waals surface area (Å²) in [7, 11) is -2.81. The molecule has 0 aromatic heterocycles. The Balaban J connectivity index is 3.80. The number of rotatable bonds is 7. The Bertz CT molecular complexity index is 233. The van der Waals surface area contributed by atoms with E-state index in [9.17, 15) is 8.42 Å². The molecule has 0 aromatic carbocycles. The second-order valence-electron chi connectivity index (χ2n) is 4.00. The summed E-state index contributed by atoms with van der Waals surface area (Å²) in [4.78, 5) is 0. The summed E-state index contributed by atoms with van der Waals surface area (Å²) in [6, 6.07) is 0.805. The van der Waals surface area contributed by atoms with Crippen molar-refractivity contribution in [2.45, 2.75) is 52.1 Å². The first-order valence-corrected chi connectivity index (χ1v) is 7.38. The second kappa shape index (κ2) is 6.40. The molecule has 1 atom stereocenters. The van der Waals surface area contributed by atoms with Crippen LogP contribution in [0.4, 0.5) is 0 Å². The van der Waals surface area contributed by atoms with Crippen molar-refractivity contribution in [3.8, 4) is 0 Å². The Kier molecular flexibility index (Phi) is 6.36. The fourth-order valence-corrected chi connectivity index (χ4v) is 2.18. The summed E-state index contributed by atoms with van der Waals surface area (Å²) < 4.78 is 21.9. The Morgan fingerprint density at radius 1 is 1.21 bits per heavy atom. The first kappa shape index (κ1) is 13.9. The number of sulfone groups is 1. The molecule has 1 N–H and O–H groups in total. The fraction of sp³-hybridized carbons (Fsp3) is 1.00. The van der Waals surface area contributed by atoms with Gasteiger partial charge in [0.1, 0.15) is 9.84 Å². The lowest BCUT2D eigenvalue weighted by Gasteiger charge is -2.20. The fourth-order valence-electron chi connectivity index (χ4n) is 1.40. The molecular weight excluding hydrogens is 198 g/mol. The van der Waals surface area contributed by atoms with Gasteiger partial charge in [-0.1, -0.05) is 13.8 Å². The van der Waals surface area contributed by atoms with Crippen LogP contribution in [0.5, 0.6) is 0 Å². The maximum Gasteiger partial charge on any atom is 0.147 e. The van der Waals surface area contributed by atoms with Crippen molar-refractivity contribution < 1.29 is 8.42 Å². The van der Waals surface area contributed by atoms with Crippen molar-refractivity contribution in [1.82, 2.24) is 5.32 Å². The smallest absolute Gasteiger partial charge is 0.147 e. The lowest BCUT2D eigenvalue weighted by molar-refractivity contribution is 0.417. The average Bonchev–Trinajstić information content (AvgIpc) is 2.09. The molecule has 0 aromatic rings. The predicted octanol–water partition coefficient (Wildman–Crippen LogP) is 1.59. The van der Waals surface area contributed by atoms with E-state index in [0.717, 1.165) is 12.8 Å². The normalized spacial score (nSPS) is 14.6. The van der Waals surface area contributed by atoms with E-state index < -0.39 is 9.84 Å². The highest BCUT2D eigenvalue weighted by Gasteiger charge is 2.10. The number of hydrogen-bond acceptors (Lipinski definition) is 3. The van der Waals surface area contributed by atoms with E-state index in [1.807, 2.05) is 6.92 Å². The topological polar surface area (TPSA) is 46.2 Å². The Labute approximate surface area is 88.2 Å². The van der Waals surface area contributed by atoms with E-state index in [1.54, 1.807) is 0 Å². The molecule has 0 aliphatic carbocycles. The molecule has 3 nitrogen and oxygen atoms in total. The largest absolute Gasteiger partial charge is 0.311 e. The molecule has 0 spiro atoms. The highest BCUT2D eigenvalue weighted by molar-refractivity contribution is 7.90. The third-order valence-corrected chi connectivity index (χ3v) is 3.40. The van der Waals surface area contributed by atoms with Crippen LogP contribution in [0.25, 0.3) is 0 Å². The van der Waals surface area contributed by atoms with E-state index in [1.165, 1.54) is 6.26 Å². The van der Waals surface area contributed by atoms with Crippen LogP contribution in [-0.2, 0) is 9.84 Å². The first-order valence-electron chi connectivity index (χ1n) is 5.32. The van der Waals surface area contributed by atoms with Crippen molar-refractivity contribution in [3.63, 3.8) is 0 Å². The van der Waals surface area contributed by atoms with Crippen LogP contribution in [0.15, 0.2) is 0 Å². The summed E-state index contributed by atoms with van der Waals surface area (Å²) in [6.07, 6.45) is 4.19. The van der Waals surface area contributed by atoms with E-state index in [4.69, 9.17) is 0 Å². The lowest BCUT2D eigenvalue weighted by Crippen LogP contribution is -2.36. The van der Waals surface area contributed by atoms with Crippen molar-refractivity contribution in [2.75, 3.05) is 12.0 Å². The van der Waals surface area contributed by atoms with Crippen LogP contribution in [0, 0.1) is 0 Å². The van der Waals surface area contributed by atoms with Gasteiger partial charge < -0.3 is 5.32 Å². The van der Waals surface area contributed by atoms with Crippen molar-refractivity contribution >= 4 is 9.84 Å². The van der Waals surface area contributed by atoms with Gasteiger partial charge in [-0.15, -0.1) is 0 Å². The molecular formula is C10H23NO2S. The predicted molar refractivity (Wildman–Crippen MR) is 61.3 cm³/mol. The maximum atomic E-state index is 10.9. The molecule has 0 amide bonds. The molecule has 0 radical (unpaired) electrons. The summed E-state index contributed by atoms with van der Waals surface area (Å²) in [6.45, 7) is 6.33. The van der Waals surface area contributed by atoms with Crippen LogP contribution in [0.1, 0.15) is 40.0 Å². The molecule has 0 bridgehead atoms. The van der Waals surface area contributed by atoms with E-state index >= 15 is 0 Å². The van der Waals surface area contributed by atoms with Crippen molar-refractivity contribution in [2.24, 2.45) is 0 Å². The quantitative estimate of drug-likeness (QED) is 0.710. The van der Waals surface area contributed by atoms with E-state index in [0.29, 0.717) is 12.5 Å². The third-order valence-electron chi connectivity index (χ3n) is 2.43. The monoisotopic (exact) mass is 221 g/mol. The van der Waals surface area contributed by atoms with Gasteiger partial charge in [0, 0.05) is 18.3 Å². The van der Waals surface area contributed by atoms with Crippen molar-refractivity contribution in [3.05, 3.63) is 0 Å². The van der Waals surface area contributed by atoms with Gasteiger partial charge in [0.25, 0.3) is 0 Å². The van der Waals surface area contributed by atoms with Gasteiger partial charge in [-0.05, 0) is 26.2 Å². The van der Waals surface area contributed by atoms with Crippen LogP contribution in [0.2, 0.25) is 0 Å². The molecule has 86 valence electrons. The Hall–Kier alpha value is -0.0900. The van der Waals surface area contributed by atoms with Gasteiger partial charge >= 0.3 is 0 Å². The van der Waals surface area contributed by atoms with Gasteiger partial charge in [-0.3, -0.25) is 0 Å². The summed E-state index contributed by atoms with van der Waals surface area (Å²) in [5.41, 5.74) is 0. The maximum absolute atomic E-state index is 10.9. The SMILES string of the molecule is CCC(CC)NC(C)CCS(C)(=O)=O. The summed E-state index contributed by atoms with van der Waals surface area (Å²) >= 11 is 0. The van der Waals surface area contributed by atoms with E-state index in [-0.39, 0.29) is 11.8 Å². The lowest BCUT2D eigenvalue weighted by atomic mass is 10.1. The van der Waals surface area contributed by atoms with Crippen LogP contribution < -0.4 is 5.32 Å². The zero-order valence-electron chi connectivity index (χ0n) is 9.71. The zero-order valence-corrected chi connectivity index (χ0v) is 10.5. The molecule has 0 saturated heterocycles. The second-order valence-corrected chi connectivity index (χ2v) is 6.26. The molecule has 0 aliphatic heterocycles. The minimum atomic E-state index is -2.81. The van der Waals surface area contributed by atoms with Crippen LogP contribution in [0.3, 0.4) is 0 Å². The van der Waals surface area contributed by atoms with Gasteiger partial charge in [-0.25, -0.2) is 8.42 Å². The number of nitrogens with one attached hydrogen (secondary N) is 1. The molecule has 14 heavy (non-hydrogen) atoms. The zero-order chi connectivity index (χ0) is 11.2. The van der Waals surface area contributed by atoms with Crippen LogP contribution >= 0.6 is 0 Å². The van der Waals surface area contributed by atoms with Gasteiger partial charge in [0.2, 0.25) is 0 Å². The molecule has 0 heterocycles. The third kappa shape index (κ3) is 7.33. The molecule has 0 rings (SSSR count). The molecule has 4 heteroatoms. The van der Waals surface area contributed by atoms with Crippen LogP contribution in [-0.4, -0.2) is 32.5 Å². The Morgan fingerprint density at radius 3 is 2.07 bits per heavy atom. The highest BCUT2D eigenvalue weighted by atomic mass is 32.2. The van der Waals surface area contributed by atoms with Gasteiger partial charge in [-0.2, -0.15) is 0 Å². The summed E-state index contributed by atoms with van der Waals surface area (Å²) in [5.74, 6) is 0.279. The molecule has 1 unspecified atom stereocenters. The average molecular weight is 221 g/mol. The molecule has 0 fully saturated rings. The van der Waals surface area contributed by atoms with Crippen molar-refractivity contribution in [1.29, 1.82) is 0 Å². The number of hydrogen-bond donors (Lipinski definition) is 1. The summed E-state index contributed by atoms with van der Waals surface area (Å²) in [5, 5.41) is 3.42. The first-order chi connectivity index (χ1) is 6.39. The standard InChI is InChI=1S/C10H23NO2S/c1-5-10(6-2)11-9(3)7-8-14(4,12)13/h9-11H,5-8H2,1-4H3. The van der Waals surface area contributed by atoms with E-state index in [2.05, 4.69) is 19.2 Å².